The average molecular weight is 345 g/mol. The molecule has 1 aliphatic carbocycles. The van der Waals surface area contributed by atoms with Crippen LogP contribution in [0.3, 0.4) is 0 Å². The van der Waals surface area contributed by atoms with E-state index in [-0.39, 0.29) is 24.4 Å². The summed E-state index contributed by atoms with van der Waals surface area (Å²) >= 11 is 0. The molecule has 1 aliphatic heterocycles. The minimum atomic E-state index is -0.561. The number of hydrogen-bond donors (Lipinski definition) is 3. The van der Waals surface area contributed by atoms with Gasteiger partial charge < -0.3 is 15.7 Å². The van der Waals surface area contributed by atoms with E-state index >= 15 is 0 Å². The molecule has 0 radical (unpaired) electrons. The van der Waals surface area contributed by atoms with Crippen LogP contribution in [0.15, 0.2) is 42.5 Å². The quantitative estimate of drug-likeness (QED) is 0.785. The van der Waals surface area contributed by atoms with Crippen LogP contribution in [0.2, 0.25) is 0 Å². The molecule has 1 amide bonds. The Kier molecular flexibility index (Phi) is 4.78. The molecule has 5 heteroatoms. The molecule has 2 aromatic carbocycles. The summed E-state index contributed by atoms with van der Waals surface area (Å²) in [6.07, 6.45) is 1.98. The van der Waals surface area contributed by atoms with Crippen LogP contribution in [0.1, 0.15) is 39.5 Å². The van der Waals surface area contributed by atoms with Crippen molar-refractivity contribution in [3.05, 3.63) is 64.7 Å². The predicted octanol–water partition coefficient (Wildman–Crippen LogP) is 2.85. The molecule has 3 N–H and O–H groups in total. The van der Waals surface area contributed by atoms with Crippen molar-refractivity contribution in [1.82, 2.24) is 5.32 Å². The van der Waals surface area contributed by atoms with Crippen molar-refractivity contribution >= 4 is 24.0 Å². The number of fused-ring (bicyclic) bond motifs is 2. The average Bonchev–Trinajstić information content (AvgIpc) is 2.90. The topological polar surface area (TPSA) is 61.4 Å². The van der Waals surface area contributed by atoms with Gasteiger partial charge in [-0.05, 0) is 41.7 Å². The van der Waals surface area contributed by atoms with Crippen LogP contribution in [0, 0.1) is 0 Å². The highest BCUT2D eigenvalue weighted by Gasteiger charge is 2.32. The molecule has 0 fully saturated rings. The Hall–Kier alpha value is -2.04. The number of anilines is 1. The molecule has 2 atom stereocenters. The Morgan fingerprint density at radius 1 is 1.17 bits per heavy atom. The summed E-state index contributed by atoms with van der Waals surface area (Å²) in [6, 6.07) is 13.4. The monoisotopic (exact) mass is 344 g/mol. The maximum absolute atomic E-state index is 12.8. The molecule has 4 nitrogen and oxygen atoms in total. The largest absolute Gasteiger partial charge is 0.390 e. The SMILES string of the molecule is Cl.O=C(N[C@H]1c2ccccc2C[C@H]1O)c1cccc2c1CCCN2. The molecule has 0 unspecified atom stereocenters. The van der Waals surface area contributed by atoms with Crippen LogP contribution < -0.4 is 10.6 Å². The first-order valence-corrected chi connectivity index (χ1v) is 8.16. The smallest absolute Gasteiger partial charge is 0.252 e. The maximum Gasteiger partial charge on any atom is 0.252 e. The first kappa shape index (κ1) is 16.8. The van der Waals surface area contributed by atoms with Gasteiger partial charge in [-0.1, -0.05) is 30.3 Å². The molecule has 0 saturated heterocycles. The molecule has 4 rings (SSSR count). The third kappa shape index (κ3) is 2.87. The number of carbonyl (C=O) groups excluding carboxylic acids is 1. The van der Waals surface area contributed by atoms with Crippen LogP contribution in [0.5, 0.6) is 0 Å². The van der Waals surface area contributed by atoms with Gasteiger partial charge in [-0.3, -0.25) is 4.79 Å². The van der Waals surface area contributed by atoms with Crippen molar-refractivity contribution in [3.63, 3.8) is 0 Å². The van der Waals surface area contributed by atoms with Gasteiger partial charge in [0.15, 0.2) is 0 Å². The van der Waals surface area contributed by atoms with Crippen molar-refractivity contribution in [2.24, 2.45) is 0 Å². The Labute approximate surface area is 147 Å². The highest BCUT2D eigenvalue weighted by atomic mass is 35.5. The van der Waals surface area contributed by atoms with E-state index in [1.807, 2.05) is 42.5 Å². The lowest BCUT2D eigenvalue weighted by Gasteiger charge is -2.23. The zero-order valence-electron chi connectivity index (χ0n) is 13.3. The van der Waals surface area contributed by atoms with E-state index in [9.17, 15) is 9.90 Å². The minimum absolute atomic E-state index is 0. The molecule has 126 valence electrons. The van der Waals surface area contributed by atoms with Gasteiger partial charge >= 0.3 is 0 Å². The number of aliphatic hydroxyl groups is 1. The summed E-state index contributed by atoms with van der Waals surface area (Å²) in [5.74, 6) is -0.105. The second-order valence-electron chi connectivity index (χ2n) is 6.28. The molecule has 2 aromatic rings. The molecule has 24 heavy (non-hydrogen) atoms. The van der Waals surface area contributed by atoms with Gasteiger partial charge in [0.05, 0.1) is 12.1 Å². The van der Waals surface area contributed by atoms with Crippen LogP contribution >= 0.6 is 12.4 Å². The maximum atomic E-state index is 12.8. The lowest BCUT2D eigenvalue weighted by atomic mass is 9.96. The van der Waals surface area contributed by atoms with E-state index in [0.29, 0.717) is 12.0 Å². The lowest BCUT2D eigenvalue weighted by Crippen LogP contribution is -2.34. The lowest BCUT2D eigenvalue weighted by molar-refractivity contribution is 0.0857. The van der Waals surface area contributed by atoms with Crippen LogP contribution in [0.25, 0.3) is 0 Å². The highest BCUT2D eigenvalue weighted by molar-refractivity contribution is 5.97. The zero-order valence-corrected chi connectivity index (χ0v) is 14.1. The molecule has 2 aliphatic rings. The summed E-state index contributed by atoms with van der Waals surface area (Å²) in [5, 5.41) is 16.7. The van der Waals surface area contributed by atoms with Crippen molar-refractivity contribution in [1.29, 1.82) is 0 Å². The van der Waals surface area contributed by atoms with E-state index in [1.165, 1.54) is 0 Å². The first-order chi connectivity index (χ1) is 11.2. The van der Waals surface area contributed by atoms with E-state index < -0.39 is 6.10 Å². The van der Waals surface area contributed by atoms with Crippen molar-refractivity contribution in [2.75, 3.05) is 11.9 Å². The number of carbonyl (C=O) groups is 1. The predicted molar refractivity (Wildman–Crippen MR) is 96.9 cm³/mol. The number of halogens is 1. The van der Waals surface area contributed by atoms with E-state index in [1.54, 1.807) is 0 Å². The summed E-state index contributed by atoms with van der Waals surface area (Å²) in [7, 11) is 0. The van der Waals surface area contributed by atoms with Crippen LogP contribution in [-0.2, 0) is 12.8 Å². The molecule has 1 heterocycles. The zero-order chi connectivity index (χ0) is 15.8. The standard InChI is InChI=1S/C19H20N2O2.ClH/c22-17-11-12-5-1-2-6-13(12)18(17)21-19(23)15-7-3-9-16-14(15)8-4-10-20-16;/h1-3,5-7,9,17-18,20,22H,4,8,10-11H2,(H,21,23);1H/t17-,18+;/m1./s1. The Morgan fingerprint density at radius 3 is 2.88 bits per heavy atom. The second-order valence-corrected chi connectivity index (χ2v) is 6.28. The van der Waals surface area contributed by atoms with Gasteiger partial charge in [0.25, 0.3) is 5.91 Å². The highest BCUT2D eigenvalue weighted by Crippen LogP contribution is 2.32. The van der Waals surface area contributed by atoms with Gasteiger partial charge in [-0.2, -0.15) is 0 Å². The van der Waals surface area contributed by atoms with Gasteiger partial charge in [0, 0.05) is 24.2 Å². The van der Waals surface area contributed by atoms with Gasteiger partial charge in [-0.25, -0.2) is 0 Å². The third-order valence-electron chi connectivity index (χ3n) is 4.83. The van der Waals surface area contributed by atoms with Gasteiger partial charge in [0.2, 0.25) is 0 Å². The first-order valence-electron chi connectivity index (χ1n) is 8.16. The normalized spacial score (nSPS) is 21.0. The summed E-state index contributed by atoms with van der Waals surface area (Å²) in [6.45, 7) is 0.951. The fourth-order valence-electron chi connectivity index (χ4n) is 3.69. The molecule has 0 bridgehead atoms. The number of nitrogens with one attached hydrogen (secondary N) is 2. The Morgan fingerprint density at radius 2 is 2.00 bits per heavy atom. The number of aliphatic hydroxyl groups excluding tert-OH is 1. The molecule has 0 saturated carbocycles. The molecular formula is C19H21ClN2O2. The molecular weight excluding hydrogens is 324 g/mol. The second kappa shape index (κ2) is 6.83. The Balaban J connectivity index is 0.00000169. The summed E-state index contributed by atoms with van der Waals surface area (Å²) < 4.78 is 0. The number of amides is 1. The summed E-state index contributed by atoms with van der Waals surface area (Å²) in [5.41, 5.74) is 4.98. The number of hydrogen-bond acceptors (Lipinski definition) is 3. The third-order valence-corrected chi connectivity index (χ3v) is 4.83. The van der Waals surface area contributed by atoms with E-state index in [2.05, 4.69) is 10.6 Å². The number of benzene rings is 2. The van der Waals surface area contributed by atoms with E-state index in [4.69, 9.17) is 0 Å². The minimum Gasteiger partial charge on any atom is -0.390 e. The molecule has 0 aromatic heterocycles. The van der Waals surface area contributed by atoms with Crippen LogP contribution in [-0.4, -0.2) is 23.7 Å². The van der Waals surface area contributed by atoms with Crippen molar-refractivity contribution < 1.29 is 9.90 Å². The van der Waals surface area contributed by atoms with Gasteiger partial charge in [-0.15, -0.1) is 12.4 Å². The number of rotatable bonds is 2. The van der Waals surface area contributed by atoms with Crippen LogP contribution in [0.4, 0.5) is 5.69 Å². The van der Waals surface area contributed by atoms with Crippen molar-refractivity contribution in [2.45, 2.75) is 31.4 Å². The van der Waals surface area contributed by atoms with E-state index in [0.717, 1.165) is 41.8 Å². The Bertz CT molecular complexity index is 763. The fraction of sp³-hybridized carbons (Fsp3) is 0.316. The molecule has 0 spiro atoms. The fourth-order valence-corrected chi connectivity index (χ4v) is 3.69. The van der Waals surface area contributed by atoms with Gasteiger partial charge in [0.1, 0.15) is 0 Å². The van der Waals surface area contributed by atoms with Crippen molar-refractivity contribution in [3.8, 4) is 0 Å². The summed E-state index contributed by atoms with van der Waals surface area (Å²) in [4.78, 5) is 12.8.